The summed E-state index contributed by atoms with van der Waals surface area (Å²) in [5.74, 6) is 0.292. The molecule has 0 aromatic heterocycles. The minimum atomic E-state index is -0.0930. The molecule has 2 fully saturated rings. The predicted octanol–water partition coefficient (Wildman–Crippen LogP) is 3.08. The van der Waals surface area contributed by atoms with E-state index in [1.807, 2.05) is 11.0 Å². The number of likely N-dealkylation sites (tertiary alicyclic amines) is 1. The minimum Gasteiger partial charge on any atom is -0.379 e. The SMILES string of the molecule is O=C(c1ccc2c3c(cccc13)CC2)[C@H]1CCCN(C(=O)CCN2CCOCC2)C1. The van der Waals surface area contributed by atoms with Gasteiger partial charge >= 0.3 is 0 Å². The van der Waals surface area contributed by atoms with E-state index in [9.17, 15) is 9.59 Å². The Morgan fingerprint density at radius 1 is 1.00 bits per heavy atom. The predicted molar refractivity (Wildman–Crippen MR) is 117 cm³/mol. The van der Waals surface area contributed by atoms with Crippen LogP contribution in [0.3, 0.4) is 0 Å². The van der Waals surface area contributed by atoms with Crippen LogP contribution in [0.25, 0.3) is 10.8 Å². The molecule has 1 atom stereocenters. The summed E-state index contributed by atoms with van der Waals surface area (Å²) in [6, 6.07) is 10.5. The number of aryl methyl sites for hydroxylation is 2. The van der Waals surface area contributed by atoms with Gasteiger partial charge in [-0.05, 0) is 47.6 Å². The molecule has 0 spiro atoms. The Hall–Kier alpha value is -2.24. The Labute approximate surface area is 178 Å². The molecular formula is C25H30N2O3. The molecule has 5 nitrogen and oxygen atoms in total. The number of carbonyl (C=O) groups is 2. The number of hydrogen-bond acceptors (Lipinski definition) is 4. The van der Waals surface area contributed by atoms with Gasteiger partial charge in [0.2, 0.25) is 5.91 Å². The molecule has 0 bridgehead atoms. The van der Waals surface area contributed by atoms with Crippen LogP contribution in [-0.4, -0.2) is 67.4 Å². The molecule has 1 amide bonds. The van der Waals surface area contributed by atoms with Gasteiger partial charge in [0.1, 0.15) is 0 Å². The van der Waals surface area contributed by atoms with Crippen LogP contribution >= 0.6 is 0 Å². The van der Waals surface area contributed by atoms with Crippen molar-refractivity contribution >= 4 is 22.5 Å². The smallest absolute Gasteiger partial charge is 0.223 e. The molecule has 0 unspecified atom stereocenters. The molecule has 2 aromatic rings. The summed E-state index contributed by atoms with van der Waals surface area (Å²) in [7, 11) is 0. The van der Waals surface area contributed by atoms with Crippen LogP contribution in [0.4, 0.5) is 0 Å². The minimum absolute atomic E-state index is 0.0930. The van der Waals surface area contributed by atoms with Gasteiger partial charge in [0, 0.05) is 50.6 Å². The number of hydrogen-bond donors (Lipinski definition) is 0. The molecule has 2 saturated heterocycles. The largest absolute Gasteiger partial charge is 0.379 e. The van der Waals surface area contributed by atoms with Crippen LogP contribution in [-0.2, 0) is 22.4 Å². The van der Waals surface area contributed by atoms with Gasteiger partial charge in [0.05, 0.1) is 13.2 Å². The average Bonchev–Trinajstić information content (AvgIpc) is 3.23. The van der Waals surface area contributed by atoms with Gasteiger partial charge in [-0.25, -0.2) is 0 Å². The molecule has 0 saturated carbocycles. The van der Waals surface area contributed by atoms with Crippen molar-refractivity contribution in [2.75, 3.05) is 45.9 Å². The fraction of sp³-hybridized carbons (Fsp3) is 0.520. The van der Waals surface area contributed by atoms with Crippen molar-refractivity contribution < 1.29 is 14.3 Å². The van der Waals surface area contributed by atoms with Crippen molar-refractivity contribution in [2.45, 2.75) is 32.1 Å². The van der Waals surface area contributed by atoms with E-state index >= 15 is 0 Å². The molecular weight excluding hydrogens is 376 g/mol. The number of benzene rings is 2. The van der Waals surface area contributed by atoms with E-state index in [1.165, 1.54) is 16.5 Å². The summed E-state index contributed by atoms with van der Waals surface area (Å²) in [6.07, 6.45) is 4.44. The monoisotopic (exact) mass is 406 g/mol. The molecule has 30 heavy (non-hydrogen) atoms. The van der Waals surface area contributed by atoms with E-state index in [0.29, 0.717) is 13.0 Å². The van der Waals surface area contributed by atoms with Gasteiger partial charge in [-0.2, -0.15) is 0 Å². The zero-order chi connectivity index (χ0) is 20.5. The average molecular weight is 407 g/mol. The first kappa shape index (κ1) is 19.7. The second-order valence-corrected chi connectivity index (χ2v) is 8.86. The van der Waals surface area contributed by atoms with E-state index in [4.69, 9.17) is 4.74 Å². The Kier molecular flexibility index (Phi) is 5.57. The molecule has 2 aliphatic heterocycles. The van der Waals surface area contributed by atoms with Crippen LogP contribution in [0.1, 0.15) is 40.7 Å². The standard InChI is InChI=1S/C25H30N2O3/c28-23(10-12-26-13-15-30-16-14-26)27-11-2-4-20(17-27)25(29)22-9-8-19-7-6-18-3-1-5-21(22)24(18)19/h1,3,5,8-9,20H,2,4,6-7,10-17H2/t20-/m0/s1. The van der Waals surface area contributed by atoms with Crippen LogP contribution in [0.15, 0.2) is 30.3 Å². The lowest BCUT2D eigenvalue weighted by atomic mass is 9.87. The molecule has 5 heteroatoms. The van der Waals surface area contributed by atoms with Gasteiger partial charge in [-0.1, -0.05) is 30.3 Å². The first-order valence-electron chi connectivity index (χ1n) is 11.4. The highest BCUT2D eigenvalue weighted by Crippen LogP contribution is 2.34. The van der Waals surface area contributed by atoms with E-state index in [1.54, 1.807) is 0 Å². The Balaban J connectivity index is 1.28. The van der Waals surface area contributed by atoms with Crippen LogP contribution in [0.2, 0.25) is 0 Å². The van der Waals surface area contributed by atoms with E-state index in [0.717, 1.165) is 76.0 Å². The number of rotatable bonds is 5. The summed E-state index contributed by atoms with van der Waals surface area (Å²) >= 11 is 0. The van der Waals surface area contributed by atoms with Crippen LogP contribution < -0.4 is 0 Å². The molecule has 5 rings (SSSR count). The van der Waals surface area contributed by atoms with Gasteiger partial charge in [0.25, 0.3) is 0 Å². The normalized spacial score (nSPS) is 21.9. The number of amides is 1. The van der Waals surface area contributed by atoms with Crippen LogP contribution in [0.5, 0.6) is 0 Å². The summed E-state index contributed by atoms with van der Waals surface area (Å²) < 4.78 is 5.38. The number of piperidine rings is 1. The summed E-state index contributed by atoms with van der Waals surface area (Å²) in [6.45, 7) is 5.43. The lowest BCUT2D eigenvalue weighted by Gasteiger charge is -2.33. The Morgan fingerprint density at radius 2 is 1.80 bits per heavy atom. The Bertz CT molecular complexity index is 954. The number of ketones is 1. The van der Waals surface area contributed by atoms with Crippen molar-refractivity contribution in [1.29, 1.82) is 0 Å². The van der Waals surface area contributed by atoms with E-state index < -0.39 is 0 Å². The number of morpholine rings is 1. The maximum atomic E-state index is 13.5. The highest BCUT2D eigenvalue weighted by atomic mass is 16.5. The zero-order valence-corrected chi connectivity index (χ0v) is 17.6. The molecule has 158 valence electrons. The second kappa shape index (κ2) is 8.48. The van der Waals surface area contributed by atoms with Crippen molar-refractivity contribution in [3.8, 4) is 0 Å². The lowest BCUT2D eigenvalue weighted by molar-refractivity contribution is -0.133. The lowest BCUT2D eigenvalue weighted by Crippen LogP contribution is -2.44. The van der Waals surface area contributed by atoms with Crippen molar-refractivity contribution in [1.82, 2.24) is 9.80 Å². The third-order valence-electron chi connectivity index (χ3n) is 7.03. The van der Waals surface area contributed by atoms with Crippen LogP contribution in [0, 0.1) is 5.92 Å². The first-order chi connectivity index (χ1) is 14.7. The highest BCUT2D eigenvalue weighted by molar-refractivity contribution is 6.11. The summed E-state index contributed by atoms with van der Waals surface area (Å²) in [5, 5.41) is 2.39. The fourth-order valence-corrected chi connectivity index (χ4v) is 5.34. The van der Waals surface area contributed by atoms with Gasteiger partial charge in [0.15, 0.2) is 5.78 Å². The highest BCUT2D eigenvalue weighted by Gasteiger charge is 2.30. The third kappa shape index (κ3) is 3.77. The summed E-state index contributed by atoms with van der Waals surface area (Å²) in [5.41, 5.74) is 3.56. The fourth-order valence-electron chi connectivity index (χ4n) is 5.34. The Morgan fingerprint density at radius 3 is 2.63 bits per heavy atom. The third-order valence-corrected chi connectivity index (χ3v) is 7.03. The maximum absolute atomic E-state index is 13.5. The van der Waals surface area contributed by atoms with E-state index in [-0.39, 0.29) is 17.6 Å². The topological polar surface area (TPSA) is 49.9 Å². The molecule has 1 aliphatic carbocycles. The number of carbonyl (C=O) groups excluding carboxylic acids is 2. The molecule has 3 aliphatic rings. The van der Waals surface area contributed by atoms with Crippen molar-refractivity contribution in [2.24, 2.45) is 5.92 Å². The molecule has 0 radical (unpaired) electrons. The van der Waals surface area contributed by atoms with Crippen molar-refractivity contribution in [3.05, 3.63) is 47.0 Å². The van der Waals surface area contributed by atoms with Gasteiger partial charge < -0.3 is 9.64 Å². The maximum Gasteiger partial charge on any atom is 0.223 e. The van der Waals surface area contributed by atoms with E-state index in [2.05, 4.69) is 29.2 Å². The number of ether oxygens (including phenoxy) is 1. The molecule has 2 aromatic carbocycles. The number of Topliss-reactive ketones (excluding diaryl/α,β-unsaturated/α-hetero) is 1. The number of nitrogens with zero attached hydrogens (tertiary/aromatic N) is 2. The molecule has 0 N–H and O–H groups in total. The van der Waals surface area contributed by atoms with Crippen molar-refractivity contribution in [3.63, 3.8) is 0 Å². The quantitative estimate of drug-likeness (QED) is 0.716. The molecule has 2 heterocycles. The van der Waals surface area contributed by atoms with Gasteiger partial charge in [-0.3, -0.25) is 14.5 Å². The van der Waals surface area contributed by atoms with Gasteiger partial charge in [-0.15, -0.1) is 0 Å². The second-order valence-electron chi connectivity index (χ2n) is 8.86. The zero-order valence-electron chi connectivity index (χ0n) is 17.6. The first-order valence-corrected chi connectivity index (χ1v) is 11.4. The summed E-state index contributed by atoms with van der Waals surface area (Å²) in [4.78, 5) is 30.5.